The maximum atomic E-state index is 12.8. The minimum atomic E-state index is -0.573. The number of halogens is 2. The molecule has 0 saturated carbocycles. The van der Waals surface area contributed by atoms with Gasteiger partial charge in [-0.3, -0.25) is 9.59 Å². The fraction of sp³-hybridized carbons (Fsp3) is 0.579. The summed E-state index contributed by atoms with van der Waals surface area (Å²) in [6.07, 6.45) is 4.30. The van der Waals surface area contributed by atoms with E-state index in [4.69, 9.17) is 11.6 Å². The molecule has 2 aliphatic heterocycles. The van der Waals surface area contributed by atoms with Crippen LogP contribution in [0.4, 0.5) is 0 Å². The first-order valence-corrected chi connectivity index (χ1v) is 9.43. The van der Waals surface area contributed by atoms with Crippen LogP contribution in [0.25, 0.3) is 0 Å². The number of benzene rings is 1. The van der Waals surface area contributed by atoms with Gasteiger partial charge in [0, 0.05) is 18.1 Å². The molecule has 3 N–H and O–H groups in total. The minimum Gasteiger partial charge on any atom is -0.351 e. The Hall–Kier alpha value is -1.30. The molecule has 2 fully saturated rings. The van der Waals surface area contributed by atoms with Crippen molar-refractivity contribution in [2.24, 2.45) is 5.92 Å². The molecule has 7 heteroatoms. The van der Waals surface area contributed by atoms with Crippen LogP contribution in [-0.4, -0.2) is 36.0 Å². The van der Waals surface area contributed by atoms with E-state index in [0.717, 1.165) is 12.8 Å². The molecule has 1 aromatic rings. The molecule has 1 aromatic carbocycles. The highest BCUT2D eigenvalue weighted by molar-refractivity contribution is 6.33. The third kappa shape index (κ3) is 4.90. The predicted octanol–water partition coefficient (Wildman–Crippen LogP) is 2.92. The summed E-state index contributed by atoms with van der Waals surface area (Å²) in [5, 5.41) is 9.95. The van der Waals surface area contributed by atoms with Gasteiger partial charge in [-0.25, -0.2) is 0 Å². The lowest BCUT2D eigenvalue weighted by molar-refractivity contribution is -0.124. The van der Waals surface area contributed by atoms with Crippen LogP contribution in [0.1, 0.15) is 49.9 Å². The minimum absolute atomic E-state index is 0. The van der Waals surface area contributed by atoms with Crippen molar-refractivity contribution in [1.29, 1.82) is 0 Å². The van der Waals surface area contributed by atoms with Crippen molar-refractivity contribution in [3.63, 3.8) is 0 Å². The van der Waals surface area contributed by atoms with Gasteiger partial charge < -0.3 is 16.0 Å². The Morgan fingerprint density at radius 1 is 1.15 bits per heavy atom. The molecule has 3 atom stereocenters. The van der Waals surface area contributed by atoms with Gasteiger partial charge in [-0.1, -0.05) is 37.6 Å². The van der Waals surface area contributed by atoms with Crippen LogP contribution in [0.15, 0.2) is 24.3 Å². The van der Waals surface area contributed by atoms with Gasteiger partial charge in [0.05, 0.1) is 10.6 Å². The molecule has 0 aliphatic carbocycles. The summed E-state index contributed by atoms with van der Waals surface area (Å²) < 4.78 is 0. The van der Waals surface area contributed by atoms with Crippen molar-refractivity contribution in [1.82, 2.24) is 16.0 Å². The number of fused-ring (bicyclic) bond motifs is 2. The van der Waals surface area contributed by atoms with E-state index in [1.165, 1.54) is 12.8 Å². The molecule has 2 saturated heterocycles. The van der Waals surface area contributed by atoms with Crippen LogP contribution in [0.3, 0.4) is 0 Å². The van der Waals surface area contributed by atoms with Crippen LogP contribution >= 0.6 is 24.0 Å². The molecule has 3 unspecified atom stereocenters. The Labute approximate surface area is 166 Å². The highest BCUT2D eigenvalue weighted by atomic mass is 35.5. The molecule has 144 valence electrons. The van der Waals surface area contributed by atoms with E-state index in [2.05, 4.69) is 16.0 Å². The van der Waals surface area contributed by atoms with Gasteiger partial charge in [-0.2, -0.15) is 0 Å². The summed E-state index contributed by atoms with van der Waals surface area (Å²) in [5.41, 5.74) is 0.391. The van der Waals surface area contributed by atoms with E-state index in [0.29, 0.717) is 22.7 Å². The number of carbonyl (C=O) groups is 2. The number of carbonyl (C=O) groups excluding carboxylic acids is 2. The second-order valence-corrected chi connectivity index (χ2v) is 7.90. The number of piperidine rings is 1. The molecule has 0 spiro atoms. The van der Waals surface area contributed by atoms with Gasteiger partial charge in [-0.05, 0) is 43.7 Å². The van der Waals surface area contributed by atoms with Crippen molar-refractivity contribution < 1.29 is 9.59 Å². The standard InChI is InChI=1S/C19H26ClN3O2.ClH/c1-11(2)17(23-18(24)15-5-3-4-6-16(15)20)19(25)22-14-9-12-7-8-13(10-14)21-12;/h3-6,11-14,17,21H,7-10H2,1-2H3,(H,22,25)(H,23,24);1H. The maximum Gasteiger partial charge on any atom is 0.253 e. The second-order valence-electron chi connectivity index (χ2n) is 7.49. The monoisotopic (exact) mass is 399 g/mol. The van der Waals surface area contributed by atoms with E-state index < -0.39 is 6.04 Å². The molecule has 2 bridgehead atoms. The summed E-state index contributed by atoms with van der Waals surface area (Å²) >= 11 is 6.09. The zero-order valence-electron chi connectivity index (χ0n) is 15.1. The lowest BCUT2D eigenvalue weighted by Gasteiger charge is -2.31. The average Bonchev–Trinajstić information content (AvgIpc) is 2.91. The summed E-state index contributed by atoms with van der Waals surface area (Å²) in [5.74, 6) is -0.434. The summed E-state index contributed by atoms with van der Waals surface area (Å²) in [6.45, 7) is 3.87. The lowest BCUT2D eigenvalue weighted by atomic mass is 9.97. The molecule has 3 rings (SSSR count). The molecule has 26 heavy (non-hydrogen) atoms. The molecule has 2 aliphatic rings. The molecule has 2 heterocycles. The number of rotatable bonds is 5. The van der Waals surface area contributed by atoms with Crippen LogP contribution in [0, 0.1) is 5.92 Å². The number of amides is 2. The third-order valence-corrected chi connectivity index (χ3v) is 5.50. The SMILES string of the molecule is CC(C)C(NC(=O)c1ccccc1Cl)C(=O)NC1CC2CCC(C1)N2.Cl. The third-order valence-electron chi connectivity index (χ3n) is 5.17. The van der Waals surface area contributed by atoms with Crippen LogP contribution in [0.2, 0.25) is 5.02 Å². The maximum absolute atomic E-state index is 12.8. The number of nitrogens with one attached hydrogen (secondary N) is 3. The molecular weight excluding hydrogens is 373 g/mol. The van der Waals surface area contributed by atoms with E-state index in [9.17, 15) is 9.59 Å². The average molecular weight is 400 g/mol. The predicted molar refractivity (Wildman–Crippen MR) is 106 cm³/mol. The topological polar surface area (TPSA) is 70.2 Å². The summed E-state index contributed by atoms with van der Waals surface area (Å²) in [6, 6.07) is 7.51. The Bertz CT molecular complexity index is 641. The van der Waals surface area contributed by atoms with Crippen molar-refractivity contribution in [3.05, 3.63) is 34.9 Å². The van der Waals surface area contributed by atoms with Gasteiger partial charge in [0.2, 0.25) is 5.91 Å². The van der Waals surface area contributed by atoms with Gasteiger partial charge in [0.25, 0.3) is 5.91 Å². The lowest BCUT2D eigenvalue weighted by Crippen LogP contribution is -2.55. The van der Waals surface area contributed by atoms with Gasteiger partial charge in [-0.15, -0.1) is 12.4 Å². The smallest absolute Gasteiger partial charge is 0.253 e. The Morgan fingerprint density at radius 2 is 1.77 bits per heavy atom. The molecule has 5 nitrogen and oxygen atoms in total. The Balaban J connectivity index is 0.00000243. The summed E-state index contributed by atoms with van der Waals surface area (Å²) in [4.78, 5) is 25.3. The van der Waals surface area contributed by atoms with E-state index >= 15 is 0 Å². The molecule has 2 amide bonds. The fourth-order valence-electron chi connectivity index (χ4n) is 3.87. The molecule has 0 radical (unpaired) electrons. The van der Waals surface area contributed by atoms with Crippen LogP contribution in [-0.2, 0) is 4.79 Å². The molecule has 0 aromatic heterocycles. The van der Waals surface area contributed by atoms with Gasteiger partial charge in [0.15, 0.2) is 0 Å². The first-order chi connectivity index (χ1) is 11.9. The number of hydrogen-bond donors (Lipinski definition) is 3. The first-order valence-electron chi connectivity index (χ1n) is 9.06. The van der Waals surface area contributed by atoms with Crippen LogP contribution in [0.5, 0.6) is 0 Å². The normalized spacial score (nSPS) is 25.3. The zero-order chi connectivity index (χ0) is 18.0. The number of hydrogen-bond acceptors (Lipinski definition) is 3. The largest absolute Gasteiger partial charge is 0.351 e. The zero-order valence-corrected chi connectivity index (χ0v) is 16.7. The fourth-order valence-corrected chi connectivity index (χ4v) is 4.09. The van der Waals surface area contributed by atoms with Crippen molar-refractivity contribution in [2.75, 3.05) is 0 Å². The van der Waals surface area contributed by atoms with E-state index in [1.807, 2.05) is 13.8 Å². The Kier molecular flexibility index (Phi) is 7.33. The van der Waals surface area contributed by atoms with E-state index in [1.54, 1.807) is 24.3 Å². The van der Waals surface area contributed by atoms with Crippen LogP contribution < -0.4 is 16.0 Å². The van der Waals surface area contributed by atoms with Gasteiger partial charge >= 0.3 is 0 Å². The van der Waals surface area contributed by atoms with Crippen molar-refractivity contribution in [2.45, 2.75) is 63.7 Å². The van der Waals surface area contributed by atoms with Crippen molar-refractivity contribution >= 4 is 35.8 Å². The second kappa shape index (κ2) is 9.07. The summed E-state index contributed by atoms with van der Waals surface area (Å²) in [7, 11) is 0. The highest BCUT2D eigenvalue weighted by Crippen LogP contribution is 2.27. The molecular formula is C19H27Cl2N3O2. The quantitative estimate of drug-likeness (QED) is 0.712. The first kappa shape index (κ1) is 21.0. The van der Waals surface area contributed by atoms with Crippen molar-refractivity contribution in [3.8, 4) is 0 Å². The van der Waals surface area contributed by atoms with Gasteiger partial charge in [0.1, 0.15) is 6.04 Å². The highest BCUT2D eigenvalue weighted by Gasteiger charge is 2.35. The van der Waals surface area contributed by atoms with E-state index in [-0.39, 0.29) is 36.2 Å². The Morgan fingerprint density at radius 3 is 2.35 bits per heavy atom.